The fourth-order valence-corrected chi connectivity index (χ4v) is 3.50. The van der Waals surface area contributed by atoms with Gasteiger partial charge in [-0.25, -0.2) is 13.2 Å². The Morgan fingerprint density at radius 2 is 1.85 bits per heavy atom. The second-order valence-corrected chi connectivity index (χ2v) is 7.96. The lowest BCUT2D eigenvalue weighted by atomic mass is 10.1. The molecule has 2 aromatic carbocycles. The zero-order chi connectivity index (χ0) is 20.0. The Labute approximate surface area is 160 Å². The van der Waals surface area contributed by atoms with Gasteiger partial charge in [0.25, 0.3) is 0 Å². The van der Waals surface area contributed by atoms with Crippen molar-refractivity contribution in [3.8, 4) is 5.75 Å². The molecule has 8 heteroatoms. The number of hydrogen-bond donors (Lipinski definition) is 2. The number of ether oxygens (including phenoxy) is 1. The normalized spacial score (nSPS) is 12.3. The molecule has 0 radical (unpaired) electrons. The number of amides is 1. The molecule has 1 atom stereocenters. The molecule has 0 saturated heterocycles. The average Bonchev–Trinajstić information content (AvgIpc) is 2.57. The van der Waals surface area contributed by atoms with Crippen LogP contribution in [0.25, 0.3) is 0 Å². The molecular weight excluding hydrogens is 366 g/mol. The Hall–Kier alpha value is -2.58. The first kappa shape index (κ1) is 20.7. The van der Waals surface area contributed by atoms with Crippen molar-refractivity contribution in [1.82, 2.24) is 4.72 Å². The maximum atomic E-state index is 12.1. The van der Waals surface area contributed by atoms with Gasteiger partial charge in [0.15, 0.2) is 0 Å². The summed E-state index contributed by atoms with van der Waals surface area (Å²) in [4.78, 5) is 14.0. The minimum absolute atomic E-state index is 0.397. The maximum Gasteiger partial charge on any atom is 0.417 e. The summed E-state index contributed by atoms with van der Waals surface area (Å²) in [5, 5.41) is 2.72. The number of carbonyl (C=O) groups is 1. The molecule has 7 nitrogen and oxygen atoms in total. The van der Waals surface area contributed by atoms with Crippen LogP contribution in [0.2, 0.25) is 0 Å². The van der Waals surface area contributed by atoms with Crippen LogP contribution in [0.3, 0.4) is 0 Å². The van der Waals surface area contributed by atoms with E-state index in [1.54, 1.807) is 37.3 Å². The fraction of sp³-hybridized carbons (Fsp3) is 0.316. The first-order valence-corrected chi connectivity index (χ1v) is 10.5. The van der Waals surface area contributed by atoms with Crippen molar-refractivity contribution in [2.75, 3.05) is 23.0 Å². The molecule has 1 amide bonds. The lowest BCUT2D eigenvalue weighted by Crippen LogP contribution is -2.46. The quantitative estimate of drug-likeness (QED) is 0.707. The second-order valence-electron chi connectivity index (χ2n) is 6.18. The van der Waals surface area contributed by atoms with Gasteiger partial charge in [0, 0.05) is 17.9 Å². The number of nitrogens with one attached hydrogen (secondary N) is 2. The van der Waals surface area contributed by atoms with E-state index in [9.17, 15) is 13.2 Å². The summed E-state index contributed by atoms with van der Waals surface area (Å²) in [6.07, 6.45) is 0.163. The molecule has 1 unspecified atom stereocenters. The Morgan fingerprint density at radius 3 is 2.41 bits per heavy atom. The van der Waals surface area contributed by atoms with E-state index < -0.39 is 22.3 Å². The summed E-state index contributed by atoms with van der Waals surface area (Å²) in [5.41, 5.74) is 2.31. The van der Waals surface area contributed by atoms with Gasteiger partial charge in [0.05, 0.1) is 12.4 Å². The summed E-state index contributed by atoms with van der Waals surface area (Å²) in [6.45, 7) is 6.21. The summed E-state index contributed by atoms with van der Waals surface area (Å²) < 4.78 is 30.8. The van der Waals surface area contributed by atoms with E-state index in [-0.39, 0.29) is 0 Å². The topological polar surface area (TPSA) is 87.7 Å². The molecule has 146 valence electrons. The Morgan fingerprint density at radius 1 is 1.19 bits per heavy atom. The average molecular weight is 391 g/mol. The van der Waals surface area contributed by atoms with Crippen molar-refractivity contribution in [3.05, 3.63) is 54.1 Å². The van der Waals surface area contributed by atoms with Crippen LogP contribution in [0.5, 0.6) is 5.75 Å². The highest BCUT2D eigenvalue weighted by Crippen LogP contribution is 2.24. The standard InChI is InChI=1S/C19H25N3O4S/c1-5-22(15(3)21-27(4,24)25)16-11-12-18(14(2)13-16)20-19(23)26-17-9-7-6-8-10-17/h6-13,15,21H,5H2,1-4H3,(H,20,23). The summed E-state index contributed by atoms with van der Waals surface area (Å²) in [6, 6.07) is 14.3. The number of anilines is 2. The van der Waals surface area contributed by atoms with E-state index in [1.165, 1.54) is 0 Å². The minimum Gasteiger partial charge on any atom is -0.410 e. The lowest BCUT2D eigenvalue weighted by Gasteiger charge is -2.30. The van der Waals surface area contributed by atoms with E-state index in [2.05, 4.69) is 10.0 Å². The first-order chi connectivity index (χ1) is 12.7. The third kappa shape index (κ3) is 6.26. The molecule has 2 rings (SSSR count). The molecule has 0 aliphatic carbocycles. The van der Waals surface area contributed by atoms with Crippen LogP contribution in [0.1, 0.15) is 19.4 Å². The Bertz CT molecular complexity index is 885. The number of nitrogens with zero attached hydrogens (tertiary/aromatic N) is 1. The van der Waals surface area contributed by atoms with Gasteiger partial charge < -0.3 is 9.64 Å². The van der Waals surface area contributed by atoms with Crippen molar-refractivity contribution in [2.45, 2.75) is 26.9 Å². The van der Waals surface area contributed by atoms with Gasteiger partial charge in [-0.05, 0) is 56.7 Å². The van der Waals surface area contributed by atoms with Crippen molar-refractivity contribution in [1.29, 1.82) is 0 Å². The number of hydrogen-bond acceptors (Lipinski definition) is 5. The number of benzene rings is 2. The van der Waals surface area contributed by atoms with Crippen LogP contribution in [-0.2, 0) is 10.0 Å². The highest BCUT2D eigenvalue weighted by atomic mass is 32.2. The summed E-state index contributed by atoms with van der Waals surface area (Å²) in [7, 11) is -3.32. The van der Waals surface area contributed by atoms with E-state index in [4.69, 9.17) is 4.74 Å². The molecule has 2 aromatic rings. The SMILES string of the molecule is CCN(c1ccc(NC(=O)Oc2ccccc2)c(C)c1)C(C)NS(C)(=O)=O. The van der Waals surface area contributed by atoms with Crippen molar-refractivity contribution >= 4 is 27.5 Å². The second kappa shape index (κ2) is 8.88. The number of para-hydroxylation sites is 1. The molecule has 0 fully saturated rings. The zero-order valence-electron chi connectivity index (χ0n) is 15.9. The molecule has 2 N–H and O–H groups in total. The monoisotopic (exact) mass is 391 g/mol. The molecule has 0 aliphatic rings. The molecule has 0 aliphatic heterocycles. The van der Waals surface area contributed by atoms with E-state index >= 15 is 0 Å². The van der Waals surface area contributed by atoms with Gasteiger partial charge in [-0.2, -0.15) is 4.72 Å². The van der Waals surface area contributed by atoms with Crippen LogP contribution >= 0.6 is 0 Å². The highest BCUT2D eigenvalue weighted by Gasteiger charge is 2.17. The molecule has 0 spiro atoms. The molecular formula is C19H25N3O4S. The van der Waals surface area contributed by atoms with Crippen LogP contribution < -0.4 is 19.7 Å². The van der Waals surface area contributed by atoms with Gasteiger partial charge >= 0.3 is 6.09 Å². The molecule has 0 bridgehead atoms. The Balaban J connectivity index is 2.10. The van der Waals surface area contributed by atoms with Crippen LogP contribution in [0.15, 0.2) is 48.5 Å². The maximum absolute atomic E-state index is 12.1. The van der Waals surface area contributed by atoms with Gasteiger partial charge in [-0.15, -0.1) is 0 Å². The van der Waals surface area contributed by atoms with Gasteiger partial charge in [0.2, 0.25) is 10.0 Å². The number of rotatable bonds is 7. The number of sulfonamides is 1. The third-order valence-electron chi connectivity index (χ3n) is 3.92. The van der Waals surface area contributed by atoms with Crippen molar-refractivity contribution in [3.63, 3.8) is 0 Å². The lowest BCUT2D eigenvalue weighted by molar-refractivity contribution is 0.215. The summed E-state index contributed by atoms with van der Waals surface area (Å²) in [5.74, 6) is 0.460. The van der Waals surface area contributed by atoms with Crippen molar-refractivity contribution in [2.24, 2.45) is 0 Å². The highest BCUT2D eigenvalue weighted by molar-refractivity contribution is 7.88. The van der Waals surface area contributed by atoms with E-state index in [0.29, 0.717) is 18.0 Å². The van der Waals surface area contributed by atoms with Crippen molar-refractivity contribution < 1.29 is 17.9 Å². The van der Waals surface area contributed by atoms with Crippen LogP contribution in [0.4, 0.5) is 16.2 Å². The van der Waals surface area contributed by atoms with Gasteiger partial charge in [0.1, 0.15) is 5.75 Å². The first-order valence-electron chi connectivity index (χ1n) is 8.58. The minimum atomic E-state index is -3.32. The molecule has 27 heavy (non-hydrogen) atoms. The van der Waals surface area contributed by atoms with E-state index in [0.717, 1.165) is 17.5 Å². The van der Waals surface area contributed by atoms with Crippen LogP contribution in [0, 0.1) is 6.92 Å². The zero-order valence-corrected chi connectivity index (χ0v) is 16.7. The molecule has 0 saturated carbocycles. The van der Waals surface area contributed by atoms with E-state index in [1.807, 2.05) is 36.9 Å². The smallest absolute Gasteiger partial charge is 0.410 e. The predicted molar refractivity (Wildman–Crippen MR) is 108 cm³/mol. The summed E-state index contributed by atoms with van der Waals surface area (Å²) >= 11 is 0. The van der Waals surface area contributed by atoms with Crippen LogP contribution in [-0.4, -0.2) is 33.5 Å². The number of aryl methyl sites for hydroxylation is 1. The molecule has 0 heterocycles. The van der Waals surface area contributed by atoms with Gasteiger partial charge in [-0.1, -0.05) is 18.2 Å². The third-order valence-corrected chi connectivity index (χ3v) is 4.69. The van der Waals surface area contributed by atoms with Gasteiger partial charge in [-0.3, -0.25) is 5.32 Å². The molecule has 0 aromatic heterocycles. The predicted octanol–water partition coefficient (Wildman–Crippen LogP) is 3.33. The fourth-order valence-electron chi connectivity index (χ4n) is 2.75. The number of carbonyl (C=O) groups excluding carboxylic acids is 1. The Kier molecular flexibility index (Phi) is 6.81. The largest absolute Gasteiger partial charge is 0.417 e.